The van der Waals surface area contributed by atoms with E-state index in [9.17, 15) is 10.1 Å². The number of hydrogen-bond donors (Lipinski definition) is 0. The highest BCUT2D eigenvalue weighted by atomic mass is 35.5. The van der Waals surface area contributed by atoms with Crippen LogP contribution in [0.15, 0.2) is 23.9 Å². The molecule has 0 N–H and O–H groups in total. The summed E-state index contributed by atoms with van der Waals surface area (Å²) in [5.74, 6) is 0. The van der Waals surface area contributed by atoms with Crippen molar-refractivity contribution in [2.45, 2.75) is 20.3 Å². The number of rotatable bonds is 3. The molecule has 0 unspecified atom stereocenters. The summed E-state index contributed by atoms with van der Waals surface area (Å²) in [5, 5.41) is 11.2. The molecule has 0 saturated carbocycles. The lowest BCUT2D eigenvalue weighted by molar-refractivity contribution is -0.425. The van der Waals surface area contributed by atoms with Crippen LogP contribution in [0.3, 0.4) is 0 Å². The third-order valence-electron chi connectivity index (χ3n) is 2.13. The van der Waals surface area contributed by atoms with Crippen LogP contribution >= 0.6 is 11.6 Å². The number of halogens is 1. The second kappa shape index (κ2) is 4.94. The first-order valence-electron chi connectivity index (χ1n) is 4.65. The first-order chi connectivity index (χ1) is 7.04. The summed E-state index contributed by atoms with van der Waals surface area (Å²) < 4.78 is 0. The molecule has 1 aromatic rings. The molecule has 0 amide bonds. The van der Waals surface area contributed by atoms with E-state index >= 15 is 0 Å². The highest BCUT2D eigenvalue weighted by Crippen LogP contribution is 2.19. The summed E-state index contributed by atoms with van der Waals surface area (Å²) in [6.45, 7) is 3.65. The largest absolute Gasteiger partial charge is 0.259 e. The third kappa shape index (κ3) is 3.06. The second-order valence-electron chi connectivity index (χ2n) is 3.25. The van der Waals surface area contributed by atoms with Crippen molar-refractivity contribution in [2.24, 2.45) is 0 Å². The van der Waals surface area contributed by atoms with Crippen molar-refractivity contribution in [3.05, 3.63) is 50.2 Å². The van der Waals surface area contributed by atoms with Crippen molar-refractivity contribution in [2.75, 3.05) is 0 Å². The molecule has 0 aliphatic carbocycles. The van der Waals surface area contributed by atoms with Crippen molar-refractivity contribution < 1.29 is 4.92 Å². The van der Waals surface area contributed by atoms with Crippen LogP contribution in [0.1, 0.15) is 24.5 Å². The van der Waals surface area contributed by atoms with Crippen LogP contribution in [0.25, 0.3) is 6.08 Å². The molecule has 0 aromatic heterocycles. The molecular formula is C11H12ClNO2. The van der Waals surface area contributed by atoms with Crippen molar-refractivity contribution in [1.29, 1.82) is 0 Å². The van der Waals surface area contributed by atoms with Crippen LogP contribution in [0.4, 0.5) is 0 Å². The molecule has 1 rings (SSSR count). The van der Waals surface area contributed by atoms with Gasteiger partial charge in [0.1, 0.15) is 0 Å². The molecule has 0 spiro atoms. The van der Waals surface area contributed by atoms with Crippen molar-refractivity contribution in [1.82, 2.24) is 0 Å². The van der Waals surface area contributed by atoms with Crippen LogP contribution in [-0.4, -0.2) is 4.92 Å². The molecule has 0 fully saturated rings. The second-order valence-corrected chi connectivity index (χ2v) is 3.66. The lowest BCUT2D eigenvalue weighted by atomic mass is 10.1. The standard InChI is InChI=1S/C11H12ClNO2/c1-3-10(13(14)15)6-9-5-4-8(2)11(12)7-9/h4-7H,3H2,1-2H3/b10-6-. The van der Waals surface area contributed by atoms with Crippen LogP contribution in [-0.2, 0) is 0 Å². The van der Waals surface area contributed by atoms with Gasteiger partial charge in [-0.1, -0.05) is 30.7 Å². The summed E-state index contributed by atoms with van der Waals surface area (Å²) in [6.07, 6.45) is 1.95. The maximum atomic E-state index is 10.6. The minimum Gasteiger partial charge on any atom is -0.259 e. The molecular weight excluding hydrogens is 214 g/mol. The van der Waals surface area contributed by atoms with Gasteiger partial charge in [-0.25, -0.2) is 0 Å². The van der Waals surface area contributed by atoms with Gasteiger partial charge < -0.3 is 0 Å². The van der Waals surface area contributed by atoms with Gasteiger partial charge in [0.15, 0.2) is 0 Å². The fourth-order valence-corrected chi connectivity index (χ4v) is 1.36. The molecule has 4 heteroatoms. The van der Waals surface area contributed by atoms with E-state index in [-0.39, 0.29) is 10.6 Å². The molecule has 15 heavy (non-hydrogen) atoms. The van der Waals surface area contributed by atoms with Crippen molar-refractivity contribution in [3.63, 3.8) is 0 Å². The third-order valence-corrected chi connectivity index (χ3v) is 2.53. The Hall–Kier alpha value is -1.35. The Morgan fingerprint density at radius 3 is 2.73 bits per heavy atom. The van der Waals surface area contributed by atoms with E-state index in [0.717, 1.165) is 11.1 Å². The molecule has 0 aliphatic heterocycles. The SMILES string of the molecule is CC/C(=C/c1ccc(C)c(Cl)c1)[N+](=O)[O-]. The molecule has 0 heterocycles. The maximum absolute atomic E-state index is 10.6. The van der Waals surface area contributed by atoms with Crippen LogP contribution < -0.4 is 0 Å². The summed E-state index contributed by atoms with van der Waals surface area (Å²) in [7, 11) is 0. The number of benzene rings is 1. The van der Waals surface area contributed by atoms with Gasteiger partial charge >= 0.3 is 0 Å². The van der Waals surface area contributed by atoms with Gasteiger partial charge in [0.25, 0.3) is 0 Å². The van der Waals surface area contributed by atoms with E-state index in [4.69, 9.17) is 11.6 Å². The number of nitrogens with zero attached hydrogens (tertiary/aromatic N) is 1. The van der Waals surface area contributed by atoms with Crippen LogP contribution in [0.5, 0.6) is 0 Å². The fourth-order valence-electron chi connectivity index (χ4n) is 1.18. The van der Waals surface area contributed by atoms with E-state index in [1.807, 2.05) is 19.1 Å². The Balaban J connectivity index is 3.07. The molecule has 3 nitrogen and oxygen atoms in total. The summed E-state index contributed by atoms with van der Waals surface area (Å²) >= 11 is 5.92. The highest BCUT2D eigenvalue weighted by Gasteiger charge is 2.07. The van der Waals surface area contributed by atoms with E-state index in [2.05, 4.69) is 0 Å². The quantitative estimate of drug-likeness (QED) is 0.582. The van der Waals surface area contributed by atoms with E-state index in [0.29, 0.717) is 11.4 Å². The zero-order chi connectivity index (χ0) is 11.4. The molecule has 1 aromatic carbocycles. The van der Waals surface area contributed by atoms with Gasteiger partial charge in [-0.2, -0.15) is 0 Å². The molecule has 0 aliphatic rings. The van der Waals surface area contributed by atoms with Gasteiger partial charge in [0.2, 0.25) is 5.70 Å². The molecule has 80 valence electrons. The van der Waals surface area contributed by atoms with E-state index < -0.39 is 0 Å². The Kier molecular flexibility index (Phi) is 3.86. The van der Waals surface area contributed by atoms with Crippen molar-refractivity contribution in [3.8, 4) is 0 Å². The molecule has 0 atom stereocenters. The van der Waals surface area contributed by atoms with Gasteiger partial charge in [-0.3, -0.25) is 10.1 Å². The summed E-state index contributed by atoms with van der Waals surface area (Å²) in [4.78, 5) is 10.2. The maximum Gasteiger partial charge on any atom is 0.246 e. The Morgan fingerprint density at radius 1 is 1.60 bits per heavy atom. The average molecular weight is 226 g/mol. The zero-order valence-electron chi connectivity index (χ0n) is 8.66. The van der Waals surface area contributed by atoms with E-state index in [1.165, 1.54) is 0 Å². The molecule has 0 saturated heterocycles. The number of hydrogen-bond acceptors (Lipinski definition) is 2. The molecule has 0 radical (unpaired) electrons. The minimum absolute atomic E-state index is 0.190. The number of nitro groups is 1. The number of allylic oxidation sites excluding steroid dienone is 1. The van der Waals surface area contributed by atoms with E-state index in [1.54, 1.807) is 19.1 Å². The van der Waals surface area contributed by atoms with Gasteiger partial charge in [-0.15, -0.1) is 0 Å². The average Bonchev–Trinajstić information content (AvgIpc) is 2.19. The van der Waals surface area contributed by atoms with Gasteiger partial charge in [0.05, 0.1) is 4.92 Å². The normalized spacial score (nSPS) is 11.5. The zero-order valence-corrected chi connectivity index (χ0v) is 9.41. The van der Waals surface area contributed by atoms with Gasteiger partial charge in [-0.05, 0) is 24.1 Å². The Morgan fingerprint density at radius 2 is 2.27 bits per heavy atom. The Bertz CT molecular complexity index is 413. The lowest BCUT2D eigenvalue weighted by Crippen LogP contribution is -1.96. The van der Waals surface area contributed by atoms with Crippen molar-refractivity contribution >= 4 is 17.7 Å². The predicted octanol–water partition coefficient (Wildman–Crippen LogP) is 3.68. The Labute approximate surface area is 93.5 Å². The van der Waals surface area contributed by atoms with Crippen LogP contribution in [0, 0.1) is 17.0 Å². The van der Waals surface area contributed by atoms with Crippen LogP contribution in [0.2, 0.25) is 5.02 Å². The topological polar surface area (TPSA) is 43.1 Å². The monoisotopic (exact) mass is 225 g/mol. The minimum atomic E-state index is -0.367. The van der Waals surface area contributed by atoms with Gasteiger partial charge in [0, 0.05) is 17.5 Å². The highest BCUT2D eigenvalue weighted by molar-refractivity contribution is 6.31. The molecule has 0 bridgehead atoms. The number of aryl methyl sites for hydroxylation is 1. The summed E-state index contributed by atoms with van der Waals surface area (Å²) in [6, 6.07) is 5.40. The summed E-state index contributed by atoms with van der Waals surface area (Å²) in [5.41, 5.74) is 1.92. The predicted molar refractivity (Wildman–Crippen MR) is 61.5 cm³/mol. The first kappa shape index (κ1) is 11.7. The first-order valence-corrected chi connectivity index (χ1v) is 5.03. The lowest BCUT2D eigenvalue weighted by Gasteiger charge is -1.99. The fraction of sp³-hybridized carbons (Fsp3) is 0.273. The smallest absolute Gasteiger partial charge is 0.246 e.